The summed E-state index contributed by atoms with van der Waals surface area (Å²) in [7, 11) is 0. The molecule has 2 aromatic rings. The second-order valence-corrected chi connectivity index (χ2v) is 3.74. The van der Waals surface area contributed by atoms with Crippen LogP contribution in [-0.2, 0) is 0 Å². The van der Waals surface area contributed by atoms with E-state index in [1.807, 2.05) is 0 Å². The molecule has 0 atom stereocenters. The lowest BCUT2D eigenvalue weighted by Crippen LogP contribution is -1.92. The van der Waals surface area contributed by atoms with E-state index in [-0.39, 0.29) is 10.6 Å². The van der Waals surface area contributed by atoms with Crippen LogP contribution in [0, 0.1) is 11.6 Å². The highest BCUT2D eigenvalue weighted by molar-refractivity contribution is 6.33. The molecule has 2 aromatic carbocycles. The lowest BCUT2D eigenvalue weighted by atomic mass is 10.0. The van der Waals surface area contributed by atoms with Gasteiger partial charge in [0, 0.05) is 11.3 Å². The molecule has 0 aromatic heterocycles. The fourth-order valence-corrected chi connectivity index (χ4v) is 1.77. The summed E-state index contributed by atoms with van der Waals surface area (Å²) in [6.45, 7) is 0. The first-order valence-electron chi connectivity index (χ1n) is 4.59. The van der Waals surface area contributed by atoms with E-state index in [9.17, 15) is 8.78 Å². The predicted octanol–water partition coefficient (Wildman–Crippen LogP) is 3.87. The monoisotopic (exact) mass is 239 g/mol. The van der Waals surface area contributed by atoms with Crippen molar-refractivity contribution in [2.24, 2.45) is 0 Å². The topological polar surface area (TPSA) is 26.0 Å². The number of halogens is 3. The zero-order chi connectivity index (χ0) is 11.7. The number of hydrogen-bond acceptors (Lipinski definition) is 1. The van der Waals surface area contributed by atoms with Gasteiger partial charge in [0.25, 0.3) is 0 Å². The van der Waals surface area contributed by atoms with Crippen molar-refractivity contribution in [1.82, 2.24) is 0 Å². The molecule has 4 heteroatoms. The van der Waals surface area contributed by atoms with E-state index in [0.29, 0.717) is 11.3 Å². The Morgan fingerprint density at radius 2 is 1.62 bits per heavy atom. The smallest absolute Gasteiger partial charge is 0.134 e. The van der Waals surface area contributed by atoms with E-state index >= 15 is 0 Å². The maximum atomic E-state index is 13.5. The molecule has 0 saturated heterocycles. The van der Waals surface area contributed by atoms with Gasteiger partial charge in [0.05, 0.1) is 10.6 Å². The van der Waals surface area contributed by atoms with E-state index < -0.39 is 11.6 Å². The molecule has 0 aliphatic carbocycles. The Kier molecular flexibility index (Phi) is 2.79. The molecular formula is C12H8ClF2N. The summed E-state index contributed by atoms with van der Waals surface area (Å²) in [5.41, 5.74) is 6.12. The van der Waals surface area contributed by atoms with Gasteiger partial charge in [-0.2, -0.15) is 0 Å². The second kappa shape index (κ2) is 4.10. The zero-order valence-corrected chi connectivity index (χ0v) is 8.93. The standard InChI is InChI=1S/C12H8ClF2N/c13-9-6-7(16)4-5-8(9)12-10(14)2-1-3-11(12)15/h1-6H,16H2. The van der Waals surface area contributed by atoms with Crippen LogP contribution in [-0.4, -0.2) is 0 Å². The molecule has 82 valence electrons. The van der Waals surface area contributed by atoms with E-state index in [2.05, 4.69) is 0 Å². The van der Waals surface area contributed by atoms with Gasteiger partial charge in [-0.1, -0.05) is 23.7 Å². The third-order valence-electron chi connectivity index (χ3n) is 2.23. The van der Waals surface area contributed by atoms with Gasteiger partial charge >= 0.3 is 0 Å². The summed E-state index contributed by atoms with van der Waals surface area (Å²) in [6.07, 6.45) is 0. The lowest BCUT2D eigenvalue weighted by Gasteiger charge is -2.07. The molecule has 0 fully saturated rings. The summed E-state index contributed by atoms with van der Waals surface area (Å²) in [5.74, 6) is -1.29. The first-order valence-corrected chi connectivity index (χ1v) is 4.97. The molecule has 0 saturated carbocycles. The number of rotatable bonds is 1. The molecule has 0 bridgehead atoms. The van der Waals surface area contributed by atoms with Crippen molar-refractivity contribution in [2.45, 2.75) is 0 Å². The van der Waals surface area contributed by atoms with Gasteiger partial charge in [-0.25, -0.2) is 8.78 Å². The van der Waals surface area contributed by atoms with Crippen molar-refractivity contribution in [1.29, 1.82) is 0 Å². The summed E-state index contributed by atoms with van der Waals surface area (Å²) in [5, 5.41) is 0.226. The van der Waals surface area contributed by atoms with Gasteiger partial charge in [0.15, 0.2) is 0 Å². The van der Waals surface area contributed by atoms with Crippen molar-refractivity contribution in [2.75, 3.05) is 5.73 Å². The van der Waals surface area contributed by atoms with Crippen LogP contribution in [0.1, 0.15) is 0 Å². The highest BCUT2D eigenvalue weighted by Gasteiger charge is 2.13. The van der Waals surface area contributed by atoms with Crippen molar-refractivity contribution in [3.63, 3.8) is 0 Å². The van der Waals surface area contributed by atoms with Crippen LogP contribution in [0.5, 0.6) is 0 Å². The van der Waals surface area contributed by atoms with Crippen LogP contribution in [0.3, 0.4) is 0 Å². The van der Waals surface area contributed by atoms with Gasteiger partial charge in [0.1, 0.15) is 11.6 Å². The van der Waals surface area contributed by atoms with Gasteiger partial charge in [-0.3, -0.25) is 0 Å². The van der Waals surface area contributed by atoms with Crippen molar-refractivity contribution in [3.8, 4) is 11.1 Å². The van der Waals surface area contributed by atoms with E-state index in [1.165, 1.54) is 30.3 Å². The van der Waals surface area contributed by atoms with Gasteiger partial charge in [-0.05, 0) is 24.3 Å². The minimum Gasteiger partial charge on any atom is -0.399 e. The number of nitrogens with two attached hydrogens (primary N) is 1. The Hall–Kier alpha value is -1.61. The molecular weight excluding hydrogens is 232 g/mol. The summed E-state index contributed by atoms with van der Waals surface area (Å²) in [6, 6.07) is 8.19. The molecule has 1 nitrogen and oxygen atoms in total. The fraction of sp³-hybridized carbons (Fsp3) is 0. The van der Waals surface area contributed by atoms with Gasteiger partial charge in [-0.15, -0.1) is 0 Å². The number of anilines is 1. The highest BCUT2D eigenvalue weighted by Crippen LogP contribution is 2.32. The molecule has 0 spiro atoms. The highest BCUT2D eigenvalue weighted by atomic mass is 35.5. The lowest BCUT2D eigenvalue weighted by molar-refractivity contribution is 0.589. The summed E-state index contributed by atoms with van der Waals surface area (Å²) >= 11 is 5.89. The van der Waals surface area contributed by atoms with Gasteiger partial charge in [0.2, 0.25) is 0 Å². The Balaban J connectivity index is 2.68. The van der Waals surface area contributed by atoms with Crippen LogP contribution >= 0.6 is 11.6 Å². The number of hydrogen-bond donors (Lipinski definition) is 1. The fourth-order valence-electron chi connectivity index (χ4n) is 1.49. The van der Waals surface area contributed by atoms with E-state index in [0.717, 1.165) is 0 Å². The molecule has 0 aliphatic rings. The Bertz CT molecular complexity index is 520. The van der Waals surface area contributed by atoms with Crippen molar-refractivity contribution < 1.29 is 8.78 Å². The van der Waals surface area contributed by atoms with E-state index in [4.69, 9.17) is 17.3 Å². The molecule has 0 amide bonds. The van der Waals surface area contributed by atoms with Crippen LogP contribution < -0.4 is 5.73 Å². The molecule has 0 unspecified atom stereocenters. The maximum absolute atomic E-state index is 13.5. The van der Waals surface area contributed by atoms with Crippen LogP contribution in [0.2, 0.25) is 5.02 Å². The van der Waals surface area contributed by atoms with Crippen LogP contribution in [0.4, 0.5) is 14.5 Å². The van der Waals surface area contributed by atoms with Crippen molar-refractivity contribution >= 4 is 17.3 Å². The summed E-state index contributed by atoms with van der Waals surface area (Å²) in [4.78, 5) is 0. The average molecular weight is 240 g/mol. The zero-order valence-electron chi connectivity index (χ0n) is 8.18. The first kappa shape index (κ1) is 10.9. The minimum absolute atomic E-state index is 0.132. The molecule has 2 rings (SSSR count). The molecule has 2 N–H and O–H groups in total. The Labute approximate surface area is 96.5 Å². The van der Waals surface area contributed by atoms with Crippen molar-refractivity contribution in [3.05, 3.63) is 53.1 Å². The van der Waals surface area contributed by atoms with Crippen LogP contribution in [0.15, 0.2) is 36.4 Å². The number of nitrogen functional groups attached to an aromatic ring is 1. The third-order valence-corrected chi connectivity index (χ3v) is 2.54. The Morgan fingerprint density at radius 1 is 1.00 bits per heavy atom. The van der Waals surface area contributed by atoms with E-state index in [1.54, 1.807) is 6.07 Å². The summed E-state index contributed by atoms with van der Waals surface area (Å²) < 4.78 is 27.0. The largest absolute Gasteiger partial charge is 0.399 e. The molecule has 0 aliphatic heterocycles. The third kappa shape index (κ3) is 1.86. The maximum Gasteiger partial charge on any atom is 0.134 e. The average Bonchev–Trinajstić information content (AvgIpc) is 2.20. The first-order chi connectivity index (χ1) is 7.59. The Morgan fingerprint density at radius 3 is 2.19 bits per heavy atom. The second-order valence-electron chi connectivity index (χ2n) is 3.34. The van der Waals surface area contributed by atoms with Gasteiger partial charge < -0.3 is 5.73 Å². The SMILES string of the molecule is Nc1ccc(-c2c(F)cccc2F)c(Cl)c1. The number of benzene rings is 2. The quantitative estimate of drug-likeness (QED) is 0.751. The molecule has 0 radical (unpaired) electrons. The predicted molar refractivity (Wildman–Crippen MR) is 61.2 cm³/mol. The molecule has 0 heterocycles. The normalized spacial score (nSPS) is 10.4. The van der Waals surface area contributed by atoms with Crippen LogP contribution in [0.25, 0.3) is 11.1 Å². The minimum atomic E-state index is -0.647. The molecule has 16 heavy (non-hydrogen) atoms.